The number of nitrogens with zero attached hydrogens (tertiary/aromatic N) is 4. The highest BCUT2D eigenvalue weighted by Gasteiger charge is 2.76. The SMILES string of the molecule is COC(=O)C(NC(=O)N1C(=O)C2(c3cc(C#CCCO)ccc31)C(C(=O)N1CCN(Cc3ccc4c(c3)OCO4)CC1)C1C(=O)OC(c3ccccc3)C(c3ccccc3)N1C2c1ccc(OCCO)cc1)C(C)C. The van der Waals surface area contributed by atoms with Crippen molar-refractivity contribution in [2.45, 2.75) is 62.5 Å². The third-order valence-electron chi connectivity index (χ3n) is 14.9. The maximum atomic E-state index is 16.8. The highest BCUT2D eigenvalue weighted by molar-refractivity contribution is 6.25. The molecule has 5 aliphatic rings. The monoisotopic (exact) mass is 1020 g/mol. The number of methoxy groups -OCH3 is 1. The van der Waals surface area contributed by atoms with Crippen molar-refractivity contribution in [3.05, 3.63) is 155 Å². The molecule has 1 spiro atoms. The van der Waals surface area contributed by atoms with Gasteiger partial charge >= 0.3 is 18.0 Å². The molecule has 0 aliphatic carbocycles. The average molecular weight is 1020 g/mol. The molecule has 0 bridgehead atoms. The standard InChI is InChI=1S/C58H59N5O12/c1-36(2)48(54(67)71-3)59-57(70)62-44-23-17-37(12-10-11-29-64)32-43(44)58(56(62)69)47(53(66)61-27-25-60(26-28-61)34-38-18-24-45-46(33-38)74-35-73-45)50-55(68)75-51(40-15-8-5-9-16-40)49(39-13-6-4-7-14-39)63(50)52(58)41-19-21-42(22-20-41)72-31-30-65/h4-9,13-24,32-33,36,47-52,64-65H,11,25-31,34-35H2,1-3H3,(H,59,70). The Morgan fingerprint density at radius 2 is 1.51 bits per heavy atom. The number of anilines is 1. The van der Waals surface area contributed by atoms with E-state index in [1.807, 2.05) is 83.8 Å². The van der Waals surface area contributed by atoms with E-state index >= 15 is 19.2 Å². The zero-order valence-electron chi connectivity index (χ0n) is 41.9. The first-order valence-electron chi connectivity index (χ1n) is 25.3. The van der Waals surface area contributed by atoms with Gasteiger partial charge in [0.15, 0.2) is 11.5 Å². The van der Waals surface area contributed by atoms with Gasteiger partial charge in [-0.3, -0.25) is 24.2 Å². The molecule has 5 aliphatic heterocycles. The van der Waals surface area contributed by atoms with E-state index in [0.29, 0.717) is 53.6 Å². The third-order valence-corrected chi connectivity index (χ3v) is 14.9. The molecule has 388 valence electrons. The summed E-state index contributed by atoms with van der Waals surface area (Å²) < 4.78 is 28.8. The quantitative estimate of drug-likeness (QED) is 0.0997. The number of imide groups is 1. The zero-order valence-corrected chi connectivity index (χ0v) is 41.9. The number of nitrogens with one attached hydrogen (secondary N) is 1. The number of urea groups is 1. The first kappa shape index (κ1) is 50.8. The second-order valence-electron chi connectivity index (χ2n) is 19.5. The Balaban J connectivity index is 1.19. The Bertz CT molecular complexity index is 3010. The number of hydrogen-bond acceptors (Lipinski definition) is 14. The van der Waals surface area contributed by atoms with Gasteiger partial charge in [-0.25, -0.2) is 14.5 Å². The van der Waals surface area contributed by atoms with E-state index in [9.17, 15) is 15.0 Å². The lowest BCUT2D eigenvalue weighted by atomic mass is 9.64. The molecular weight excluding hydrogens is 959 g/mol. The number of carbonyl (C=O) groups excluding carboxylic acids is 5. The lowest BCUT2D eigenvalue weighted by molar-refractivity contribution is -0.179. The molecule has 3 fully saturated rings. The first-order chi connectivity index (χ1) is 36.5. The fourth-order valence-electron chi connectivity index (χ4n) is 11.5. The number of cyclic esters (lactones) is 1. The molecule has 0 saturated carbocycles. The summed E-state index contributed by atoms with van der Waals surface area (Å²) in [4.78, 5) is 84.2. The molecule has 0 aromatic heterocycles. The number of ether oxygens (including phenoxy) is 5. The van der Waals surface area contributed by atoms with Gasteiger partial charge in [0.2, 0.25) is 18.6 Å². The number of rotatable bonds is 13. The second kappa shape index (κ2) is 21.6. The van der Waals surface area contributed by atoms with Crippen LogP contribution in [0.25, 0.3) is 0 Å². The normalized spacial score (nSPS) is 23.3. The van der Waals surface area contributed by atoms with Gasteiger partial charge in [0.1, 0.15) is 36.0 Å². The summed E-state index contributed by atoms with van der Waals surface area (Å²) in [6.45, 7) is 5.15. The number of amides is 4. The number of piperazine rings is 1. The van der Waals surface area contributed by atoms with Crippen LogP contribution in [0.2, 0.25) is 0 Å². The summed E-state index contributed by atoms with van der Waals surface area (Å²) in [6, 6.07) is 31.0. The Kier molecular flexibility index (Phi) is 14.6. The van der Waals surface area contributed by atoms with Crippen molar-refractivity contribution >= 4 is 35.5 Å². The molecule has 75 heavy (non-hydrogen) atoms. The fraction of sp³-hybridized carbons (Fsp3) is 0.362. The highest BCUT2D eigenvalue weighted by atomic mass is 16.7. The van der Waals surface area contributed by atoms with Crippen molar-refractivity contribution in [3.63, 3.8) is 0 Å². The van der Waals surface area contributed by atoms with Crippen LogP contribution in [-0.4, -0.2) is 127 Å². The molecule has 3 saturated heterocycles. The van der Waals surface area contributed by atoms with Crippen LogP contribution in [-0.2, 0) is 40.6 Å². The summed E-state index contributed by atoms with van der Waals surface area (Å²) in [5.74, 6) is 3.10. The van der Waals surface area contributed by atoms with E-state index < -0.39 is 77.3 Å². The molecule has 4 amide bonds. The van der Waals surface area contributed by atoms with Gasteiger partial charge in [-0.2, -0.15) is 0 Å². The molecule has 17 heteroatoms. The Labute approximate surface area is 434 Å². The molecule has 10 rings (SSSR count). The maximum absolute atomic E-state index is 16.8. The Morgan fingerprint density at radius 1 is 0.800 bits per heavy atom. The fourth-order valence-corrected chi connectivity index (χ4v) is 11.5. The number of morpholine rings is 1. The van der Waals surface area contributed by atoms with Gasteiger partial charge < -0.3 is 44.1 Å². The van der Waals surface area contributed by atoms with Crippen LogP contribution >= 0.6 is 0 Å². The minimum Gasteiger partial charge on any atom is -0.491 e. The van der Waals surface area contributed by atoms with E-state index in [-0.39, 0.29) is 57.4 Å². The highest BCUT2D eigenvalue weighted by Crippen LogP contribution is 2.66. The molecule has 7 unspecified atom stereocenters. The minimum absolute atomic E-state index is 0.0150. The minimum atomic E-state index is -2.09. The summed E-state index contributed by atoms with van der Waals surface area (Å²) in [7, 11) is 1.21. The van der Waals surface area contributed by atoms with Crippen LogP contribution in [0.1, 0.15) is 71.8 Å². The summed E-state index contributed by atoms with van der Waals surface area (Å²) in [6.07, 6.45) is -0.800. The van der Waals surface area contributed by atoms with E-state index in [0.717, 1.165) is 16.0 Å². The third kappa shape index (κ3) is 9.33. The Morgan fingerprint density at radius 3 is 2.19 bits per heavy atom. The van der Waals surface area contributed by atoms with E-state index in [1.54, 1.807) is 61.2 Å². The zero-order chi connectivity index (χ0) is 52.4. The summed E-state index contributed by atoms with van der Waals surface area (Å²) in [5, 5.41) is 22.2. The van der Waals surface area contributed by atoms with Crippen molar-refractivity contribution in [2.24, 2.45) is 11.8 Å². The molecule has 7 atom stereocenters. The lowest BCUT2D eigenvalue weighted by Crippen LogP contribution is -2.59. The lowest BCUT2D eigenvalue weighted by Gasteiger charge is -2.46. The molecule has 5 aromatic carbocycles. The predicted octanol–water partition coefficient (Wildman–Crippen LogP) is 5.44. The van der Waals surface area contributed by atoms with Crippen molar-refractivity contribution < 1.29 is 57.9 Å². The van der Waals surface area contributed by atoms with Crippen LogP contribution in [0.3, 0.4) is 0 Å². The van der Waals surface area contributed by atoms with Gasteiger partial charge in [0.05, 0.1) is 44.0 Å². The van der Waals surface area contributed by atoms with Crippen molar-refractivity contribution in [1.82, 2.24) is 20.0 Å². The van der Waals surface area contributed by atoms with E-state index in [4.69, 9.17) is 23.7 Å². The molecular formula is C58H59N5O12. The number of aliphatic hydroxyl groups is 2. The number of fused-ring (bicyclic) bond motifs is 4. The molecule has 5 heterocycles. The number of aliphatic hydroxyl groups excluding tert-OH is 2. The van der Waals surface area contributed by atoms with Crippen LogP contribution < -0.4 is 24.4 Å². The Hall–Kier alpha value is -7.75. The van der Waals surface area contributed by atoms with Crippen LogP contribution in [0.5, 0.6) is 17.2 Å². The van der Waals surface area contributed by atoms with E-state index in [2.05, 4.69) is 22.1 Å². The molecule has 3 N–H and O–H groups in total. The molecule has 5 aromatic rings. The predicted molar refractivity (Wildman–Crippen MR) is 273 cm³/mol. The van der Waals surface area contributed by atoms with Crippen LogP contribution in [0, 0.1) is 23.7 Å². The maximum Gasteiger partial charge on any atom is 0.329 e. The topological polar surface area (TPSA) is 197 Å². The number of hydrogen-bond donors (Lipinski definition) is 3. The second-order valence-corrected chi connectivity index (χ2v) is 19.5. The van der Waals surface area contributed by atoms with Gasteiger partial charge in [0, 0.05) is 44.7 Å². The summed E-state index contributed by atoms with van der Waals surface area (Å²) >= 11 is 0. The molecule has 0 radical (unpaired) electrons. The number of esters is 2. The first-order valence-corrected chi connectivity index (χ1v) is 25.3. The smallest absolute Gasteiger partial charge is 0.329 e. The van der Waals surface area contributed by atoms with Gasteiger partial charge in [-0.1, -0.05) is 105 Å². The van der Waals surface area contributed by atoms with Crippen molar-refractivity contribution in [2.75, 3.05) is 64.8 Å². The van der Waals surface area contributed by atoms with Gasteiger partial charge in [-0.15, -0.1) is 0 Å². The van der Waals surface area contributed by atoms with Gasteiger partial charge in [-0.05, 0) is 76.2 Å². The average Bonchev–Trinajstić information content (AvgIpc) is 4.18. The van der Waals surface area contributed by atoms with E-state index in [1.165, 1.54) is 7.11 Å². The number of benzene rings is 5. The van der Waals surface area contributed by atoms with Crippen LogP contribution in [0.4, 0.5) is 10.5 Å². The van der Waals surface area contributed by atoms with Gasteiger partial charge in [0.25, 0.3) is 0 Å². The van der Waals surface area contributed by atoms with Crippen molar-refractivity contribution in [3.8, 4) is 29.1 Å². The largest absolute Gasteiger partial charge is 0.491 e. The molecule has 17 nitrogen and oxygen atoms in total. The van der Waals surface area contributed by atoms with Crippen LogP contribution in [0.15, 0.2) is 121 Å². The van der Waals surface area contributed by atoms with Crippen molar-refractivity contribution in [1.29, 1.82) is 0 Å². The number of carbonyl (C=O) groups is 5. The summed E-state index contributed by atoms with van der Waals surface area (Å²) in [5.41, 5.74) is 1.64.